The molecular formula is C12H20N2. The van der Waals surface area contributed by atoms with Crippen LogP contribution < -0.4 is 5.43 Å². The molecule has 2 nitrogen and oxygen atoms in total. The number of aryl methyl sites for hydroxylation is 2. The van der Waals surface area contributed by atoms with E-state index in [4.69, 9.17) is 0 Å². The quantitative estimate of drug-likeness (QED) is 0.779. The monoisotopic (exact) mass is 192 g/mol. The zero-order valence-electron chi connectivity index (χ0n) is 9.21. The van der Waals surface area contributed by atoms with Crippen LogP contribution in [0, 0.1) is 19.8 Å². The fourth-order valence-electron chi connectivity index (χ4n) is 2.35. The van der Waals surface area contributed by atoms with Crippen LogP contribution in [0.4, 0.5) is 0 Å². The van der Waals surface area contributed by atoms with E-state index in [1.807, 2.05) is 0 Å². The molecule has 1 saturated carbocycles. The van der Waals surface area contributed by atoms with E-state index >= 15 is 0 Å². The van der Waals surface area contributed by atoms with Gasteiger partial charge in [-0.3, -0.25) is 4.68 Å². The van der Waals surface area contributed by atoms with Gasteiger partial charge in [0.15, 0.2) is 0 Å². The summed E-state index contributed by atoms with van der Waals surface area (Å²) in [6.45, 7) is 5.43. The summed E-state index contributed by atoms with van der Waals surface area (Å²) in [7, 11) is 0. The second-order valence-electron chi connectivity index (χ2n) is 4.46. The van der Waals surface area contributed by atoms with Gasteiger partial charge >= 0.3 is 0 Å². The van der Waals surface area contributed by atoms with Gasteiger partial charge in [0, 0.05) is 17.9 Å². The second kappa shape index (κ2) is 4.07. The van der Waals surface area contributed by atoms with Gasteiger partial charge in [-0.05, 0) is 44.7 Å². The molecule has 1 aliphatic rings. The molecule has 0 aromatic carbocycles. The van der Waals surface area contributed by atoms with Crippen molar-refractivity contribution in [2.75, 3.05) is 12.0 Å². The minimum atomic E-state index is 0.899. The molecule has 0 spiro atoms. The molecule has 0 bridgehead atoms. The lowest BCUT2D eigenvalue weighted by Crippen LogP contribution is -2.22. The second-order valence-corrected chi connectivity index (χ2v) is 4.46. The van der Waals surface area contributed by atoms with E-state index in [0.717, 1.165) is 12.5 Å². The molecule has 0 unspecified atom stereocenters. The molecule has 0 atom stereocenters. The Bertz CT molecular complexity index is 276. The van der Waals surface area contributed by atoms with Crippen LogP contribution in [-0.2, 0) is 0 Å². The first kappa shape index (κ1) is 9.63. The maximum absolute atomic E-state index is 3.52. The van der Waals surface area contributed by atoms with Crippen molar-refractivity contribution >= 4 is 0 Å². The highest BCUT2D eigenvalue weighted by Gasteiger charge is 2.14. The molecule has 1 aliphatic carbocycles. The van der Waals surface area contributed by atoms with E-state index in [9.17, 15) is 0 Å². The van der Waals surface area contributed by atoms with Crippen molar-refractivity contribution in [3.63, 3.8) is 0 Å². The highest BCUT2D eigenvalue weighted by molar-refractivity contribution is 5.15. The molecule has 1 heterocycles. The lowest BCUT2D eigenvalue weighted by atomic mass is 10.1. The van der Waals surface area contributed by atoms with Crippen LogP contribution in [0.25, 0.3) is 0 Å². The molecule has 0 aliphatic heterocycles. The van der Waals surface area contributed by atoms with Crippen molar-refractivity contribution in [3.8, 4) is 0 Å². The van der Waals surface area contributed by atoms with Gasteiger partial charge in [0.25, 0.3) is 0 Å². The Labute approximate surface area is 86.3 Å². The summed E-state index contributed by atoms with van der Waals surface area (Å²) in [5.74, 6) is 0.899. The first-order chi connectivity index (χ1) is 6.77. The lowest BCUT2D eigenvalue weighted by molar-refractivity contribution is 0.549. The fourth-order valence-corrected chi connectivity index (χ4v) is 2.35. The summed E-state index contributed by atoms with van der Waals surface area (Å²) in [5, 5.41) is 0. The van der Waals surface area contributed by atoms with Gasteiger partial charge in [-0.15, -0.1) is 0 Å². The molecule has 2 heteroatoms. The Morgan fingerprint density at radius 2 is 1.79 bits per heavy atom. The molecule has 2 rings (SSSR count). The molecule has 1 fully saturated rings. The zero-order chi connectivity index (χ0) is 9.97. The Morgan fingerprint density at radius 3 is 2.36 bits per heavy atom. The van der Waals surface area contributed by atoms with Crippen LogP contribution in [0.15, 0.2) is 12.1 Å². The minimum Gasteiger partial charge on any atom is -0.326 e. The van der Waals surface area contributed by atoms with E-state index in [1.54, 1.807) is 0 Å². The zero-order valence-corrected chi connectivity index (χ0v) is 9.21. The normalized spacial score (nSPS) is 17.6. The molecule has 14 heavy (non-hydrogen) atoms. The predicted molar refractivity (Wildman–Crippen MR) is 60.1 cm³/mol. The predicted octanol–water partition coefficient (Wildman–Crippen LogP) is 2.84. The van der Waals surface area contributed by atoms with Crippen molar-refractivity contribution in [3.05, 3.63) is 23.5 Å². The van der Waals surface area contributed by atoms with Crippen LogP contribution in [-0.4, -0.2) is 11.2 Å². The number of hydrogen-bond donors (Lipinski definition) is 1. The van der Waals surface area contributed by atoms with Gasteiger partial charge in [0.2, 0.25) is 0 Å². The number of aromatic nitrogens is 1. The average molecular weight is 192 g/mol. The molecule has 0 radical (unpaired) electrons. The van der Waals surface area contributed by atoms with E-state index in [2.05, 4.69) is 36.1 Å². The maximum atomic E-state index is 3.52. The minimum absolute atomic E-state index is 0.899. The van der Waals surface area contributed by atoms with Gasteiger partial charge < -0.3 is 5.43 Å². The third-order valence-corrected chi connectivity index (χ3v) is 3.28. The van der Waals surface area contributed by atoms with E-state index in [-0.39, 0.29) is 0 Å². The molecule has 78 valence electrons. The number of hydrogen-bond acceptors (Lipinski definition) is 1. The highest BCUT2D eigenvalue weighted by atomic mass is 15.4. The first-order valence-corrected chi connectivity index (χ1v) is 5.66. The molecule has 0 saturated heterocycles. The fraction of sp³-hybridized carbons (Fsp3) is 0.667. The summed E-state index contributed by atoms with van der Waals surface area (Å²) in [5.41, 5.74) is 6.13. The van der Waals surface area contributed by atoms with Crippen LogP contribution in [0.3, 0.4) is 0 Å². The van der Waals surface area contributed by atoms with Crippen LogP contribution in [0.2, 0.25) is 0 Å². The van der Waals surface area contributed by atoms with Crippen LogP contribution >= 0.6 is 0 Å². The largest absolute Gasteiger partial charge is 0.326 e. The maximum Gasteiger partial charge on any atom is 0.0366 e. The lowest BCUT2D eigenvalue weighted by Gasteiger charge is -2.16. The van der Waals surface area contributed by atoms with Gasteiger partial charge in [0.1, 0.15) is 0 Å². The van der Waals surface area contributed by atoms with Gasteiger partial charge in [-0.25, -0.2) is 0 Å². The molecule has 1 aromatic heterocycles. The molecule has 1 N–H and O–H groups in total. The highest BCUT2D eigenvalue weighted by Crippen LogP contribution is 2.24. The summed E-state index contributed by atoms with van der Waals surface area (Å²) >= 11 is 0. The Morgan fingerprint density at radius 1 is 1.21 bits per heavy atom. The van der Waals surface area contributed by atoms with E-state index in [1.165, 1.54) is 37.1 Å². The van der Waals surface area contributed by atoms with Gasteiger partial charge in [-0.2, -0.15) is 0 Å². The summed E-state index contributed by atoms with van der Waals surface area (Å²) < 4.78 is 2.21. The topological polar surface area (TPSA) is 17.0 Å². The molecule has 0 amide bonds. The summed E-state index contributed by atoms with van der Waals surface area (Å²) in [6, 6.07) is 4.33. The smallest absolute Gasteiger partial charge is 0.0366 e. The third-order valence-electron chi connectivity index (χ3n) is 3.28. The third kappa shape index (κ3) is 1.94. The van der Waals surface area contributed by atoms with Crippen molar-refractivity contribution in [2.24, 2.45) is 5.92 Å². The Kier molecular flexibility index (Phi) is 2.80. The van der Waals surface area contributed by atoms with E-state index in [0.29, 0.717) is 0 Å². The molecular weight excluding hydrogens is 172 g/mol. The molecule has 1 aromatic rings. The number of nitrogens with one attached hydrogen (secondary N) is 1. The van der Waals surface area contributed by atoms with Gasteiger partial charge in [0.05, 0.1) is 0 Å². The van der Waals surface area contributed by atoms with Crippen molar-refractivity contribution < 1.29 is 0 Å². The van der Waals surface area contributed by atoms with Crippen LogP contribution in [0.5, 0.6) is 0 Å². The number of nitrogens with zero attached hydrogens (tertiary/aromatic N) is 1. The van der Waals surface area contributed by atoms with Crippen molar-refractivity contribution in [1.82, 2.24) is 4.68 Å². The van der Waals surface area contributed by atoms with E-state index < -0.39 is 0 Å². The average Bonchev–Trinajstić information content (AvgIpc) is 2.76. The Hall–Kier alpha value is -0.920. The standard InChI is InChI=1S/C12H20N2/c1-10-7-8-11(2)14(10)13-9-12-5-3-4-6-12/h7-8,12-13H,3-6,9H2,1-2H3. The SMILES string of the molecule is Cc1ccc(C)n1NCC1CCCC1. The van der Waals surface area contributed by atoms with Crippen LogP contribution in [0.1, 0.15) is 37.1 Å². The Balaban J connectivity index is 1.90. The summed E-state index contributed by atoms with van der Waals surface area (Å²) in [6.07, 6.45) is 5.67. The van der Waals surface area contributed by atoms with Crippen molar-refractivity contribution in [1.29, 1.82) is 0 Å². The first-order valence-electron chi connectivity index (χ1n) is 5.66. The van der Waals surface area contributed by atoms with Gasteiger partial charge in [-0.1, -0.05) is 12.8 Å². The summed E-state index contributed by atoms with van der Waals surface area (Å²) in [4.78, 5) is 0. The van der Waals surface area contributed by atoms with Crippen molar-refractivity contribution in [2.45, 2.75) is 39.5 Å². The number of rotatable bonds is 3.